The third-order valence-electron chi connectivity index (χ3n) is 2.42. The van der Waals surface area contributed by atoms with Crippen molar-refractivity contribution in [3.63, 3.8) is 0 Å². The summed E-state index contributed by atoms with van der Waals surface area (Å²) in [5, 5.41) is 9.36. The Labute approximate surface area is 119 Å². The lowest BCUT2D eigenvalue weighted by Crippen LogP contribution is -2.03. The van der Waals surface area contributed by atoms with Crippen LogP contribution in [0.4, 0.5) is 0 Å². The lowest BCUT2D eigenvalue weighted by molar-refractivity contribution is 0.269. The molecule has 0 aliphatic carbocycles. The minimum absolute atomic E-state index is 0.195. The van der Waals surface area contributed by atoms with Gasteiger partial charge >= 0.3 is 0 Å². The first-order valence-corrected chi connectivity index (χ1v) is 6.64. The van der Waals surface area contributed by atoms with Crippen molar-refractivity contribution in [2.45, 2.75) is 26.4 Å². The molecule has 0 aliphatic heterocycles. The molecule has 0 spiro atoms. The molecule has 1 N–H and O–H groups in total. The van der Waals surface area contributed by atoms with Gasteiger partial charge in [0.2, 0.25) is 0 Å². The number of hydrogen-bond donors (Lipinski definition) is 1. The molecule has 6 heteroatoms. The average Bonchev–Trinajstić information content (AvgIpc) is 2.39. The first-order chi connectivity index (χ1) is 9.10. The highest BCUT2D eigenvalue weighted by atomic mass is 79.9. The van der Waals surface area contributed by atoms with Crippen LogP contribution in [0.5, 0.6) is 11.5 Å². The molecule has 2 aromatic heterocycles. The highest BCUT2D eigenvalue weighted by Crippen LogP contribution is 2.26. The van der Waals surface area contributed by atoms with Crippen LogP contribution in [0.1, 0.15) is 31.3 Å². The predicted molar refractivity (Wildman–Crippen MR) is 74.1 cm³/mol. The number of hydrogen-bond acceptors (Lipinski definition) is 5. The summed E-state index contributed by atoms with van der Waals surface area (Å²) >= 11 is 3.32. The molecule has 2 heterocycles. The summed E-state index contributed by atoms with van der Waals surface area (Å²) in [6.45, 7) is 3.80. The van der Waals surface area contributed by atoms with Crippen LogP contribution in [0, 0.1) is 0 Å². The molecule has 0 radical (unpaired) electrons. The zero-order valence-corrected chi connectivity index (χ0v) is 12.3. The highest BCUT2D eigenvalue weighted by Gasteiger charge is 2.11. The fourth-order valence-electron chi connectivity index (χ4n) is 1.47. The molecule has 0 aromatic carbocycles. The number of ether oxygens (including phenoxy) is 1. The maximum atomic E-state index is 9.36. The van der Waals surface area contributed by atoms with Crippen LogP contribution in [0.3, 0.4) is 0 Å². The van der Waals surface area contributed by atoms with Gasteiger partial charge in [-0.1, -0.05) is 13.8 Å². The molecule has 0 aliphatic rings. The molecule has 0 fully saturated rings. The average molecular weight is 324 g/mol. The fraction of sp³-hybridized carbons (Fsp3) is 0.308. The third kappa shape index (κ3) is 3.48. The number of aromatic nitrogens is 3. The van der Waals surface area contributed by atoms with Gasteiger partial charge in [0, 0.05) is 16.6 Å². The Morgan fingerprint density at radius 1 is 1.32 bits per heavy atom. The van der Waals surface area contributed by atoms with E-state index in [1.807, 2.05) is 13.8 Å². The topological polar surface area (TPSA) is 68.1 Å². The molecule has 0 atom stereocenters. The lowest BCUT2D eigenvalue weighted by atomic mass is 10.2. The molecular formula is C13H14BrN3O2. The van der Waals surface area contributed by atoms with Gasteiger partial charge in [0.05, 0.1) is 19.0 Å². The molecule has 100 valence electrons. The van der Waals surface area contributed by atoms with E-state index >= 15 is 0 Å². The van der Waals surface area contributed by atoms with Gasteiger partial charge in [0.15, 0.2) is 5.75 Å². The van der Waals surface area contributed by atoms with Crippen molar-refractivity contribution in [2.75, 3.05) is 0 Å². The zero-order chi connectivity index (χ0) is 13.8. The number of rotatable bonds is 4. The lowest BCUT2D eigenvalue weighted by Gasteiger charge is -2.11. The summed E-state index contributed by atoms with van der Waals surface area (Å²) in [6, 6.07) is 1.78. The first kappa shape index (κ1) is 13.9. The van der Waals surface area contributed by atoms with Crippen molar-refractivity contribution in [3.05, 3.63) is 40.6 Å². The van der Waals surface area contributed by atoms with Crippen molar-refractivity contribution in [1.29, 1.82) is 0 Å². The molecule has 0 saturated heterocycles. The fourth-order valence-corrected chi connectivity index (χ4v) is 1.82. The van der Waals surface area contributed by atoms with Gasteiger partial charge in [-0.2, -0.15) is 0 Å². The second-order valence-electron chi connectivity index (χ2n) is 4.29. The quantitative estimate of drug-likeness (QED) is 0.936. The van der Waals surface area contributed by atoms with E-state index in [1.165, 1.54) is 0 Å². The van der Waals surface area contributed by atoms with Gasteiger partial charge in [-0.15, -0.1) is 0 Å². The maximum Gasteiger partial charge on any atom is 0.169 e. The smallest absolute Gasteiger partial charge is 0.169 e. The van der Waals surface area contributed by atoms with Crippen LogP contribution in [0.15, 0.2) is 29.1 Å². The van der Waals surface area contributed by atoms with E-state index in [1.54, 1.807) is 24.7 Å². The summed E-state index contributed by atoms with van der Waals surface area (Å²) in [5.74, 6) is 1.88. The number of pyridine rings is 1. The van der Waals surface area contributed by atoms with E-state index in [9.17, 15) is 5.11 Å². The highest BCUT2D eigenvalue weighted by molar-refractivity contribution is 9.10. The normalized spacial score (nSPS) is 10.8. The van der Waals surface area contributed by atoms with Crippen LogP contribution < -0.4 is 4.74 Å². The Morgan fingerprint density at radius 3 is 2.74 bits per heavy atom. The standard InChI is InChI=1S/C13H14BrN3O2/c1-8(2)13-16-6-12(11(7-18)17-13)19-10-3-9(14)4-15-5-10/h3-6,8,18H,7H2,1-2H3. The molecule has 2 rings (SSSR count). The number of aliphatic hydroxyl groups excluding tert-OH is 1. The van der Waals surface area contributed by atoms with E-state index in [0.29, 0.717) is 23.0 Å². The predicted octanol–water partition coefficient (Wildman–Crippen LogP) is 3.04. The van der Waals surface area contributed by atoms with Crippen molar-refractivity contribution >= 4 is 15.9 Å². The number of aliphatic hydroxyl groups is 1. The first-order valence-electron chi connectivity index (χ1n) is 5.85. The van der Waals surface area contributed by atoms with Gasteiger partial charge < -0.3 is 9.84 Å². The monoisotopic (exact) mass is 323 g/mol. The molecular weight excluding hydrogens is 310 g/mol. The third-order valence-corrected chi connectivity index (χ3v) is 2.86. The van der Waals surface area contributed by atoms with E-state index in [-0.39, 0.29) is 12.5 Å². The molecule has 2 aromatic rings. The number of nitrogens with zero attached hydrogens (tertiary/aromatic N) is 3. The molecule has 0 unspecified atom stereocenters. The van der Waals surface area contributed by atoms with E-state index in [2.05, 4.69) is 30.9 Å². The Hall–Kier alpha value is -1.53. The summed E-state index contributed by atoms with van der Waals surface area (Å²) in [5.41, 5.74) is 0.471. The molecule has 19 heavy (non-hydrogen) atoms. The molecule has 0 bridgehead atoms. The van der Waals surface area contributed by atoms with Gasteiger partial charge in [-0.3, -0.25) is 4.98 Å². The van der Waals surface area contributed by atoms with Crippen molar-refractivity contribution in [2.24, 2.45) is 0 Å². The van der Waals surface area contributed by atoms with E-state index in [4.69, 9.17) is 4.74 Å². The summed E-state index contributed by atoms with van der Waals surface area (Å²) in [4.78, 5) is 12.5. The van der Waals surface area contributed by atoms with Crippen molar-refractivity contribution < 1.29 is 9.84 Å². The van der Waals surface area contributed by atoms with Crippen LogP contribution in [-0.2, 0) is 6.61 Å². The van der Waals surface area contributed by atoms with Crippen LogP contribution in [-0.4, -0.2) is 20.1 Å². The molecule has 0 saturated carbocycles. The van der Waals surface area contributed by atoms with Crippen LogP contribution in [0.2, 0.25) is 0 Å². The van der Waals surface area contributed by atoms with Crippen molar-refractivity contribution in [1.82, 2.24) is 15.0 Å². The van der Waals surface area contributed by atoms with Gasteiger partial charge in [0.1, 0.15) is 17.3 Å². The van der Waals surface area contributed by atoms with E-state index in [0.717, 1.165) is 4.47 Å². The Bertz CT molecular complexity index is 576. The summed E-state index contributed by atoms with van der Waals surface area (Å²) in [6.07, 6.45) is 4.83. The van der Waals surface area contributed by atoms with Crippen molar-refractivity contribution in [3.8, 4) is 11.5 Å². The largest absolute Gasteiger partial charge is 0.452 e. The Kier molecular flexibility index (Phi) is 4.44. The summed E-state index contributed by atoms with van der Waals surface area (Å²) in [7, 11) is 0. The second kappa shape index (κ2) is 6.08. The minimum atomic E-state index is -0.195. The summed E-state index contributed by atoms with van der Waals surface area (Å²) < 4.78 is 6.45. The Morgan fingerprint density at radius 2 is 2.11 bits per heavy atom. The molecule has 5 nitrogen and oxygen atoms in total. The van der Waals surface area contributed by atoms with Gasteiger partial charge in [-0.25, -0.2) is 9.97 Å². The van der Waals surface area contributed by atoms with Crippen LogP contribution >= 0.6 is 15.9 Å². The zero-order valence-electron chi connectivity index (χ0n) is 10.7. The van der Waals surface area contributed by atoms with Gasteiger partial charge in [0.25, 0.3) is 0 Å². The maximum absolute atomic E-state index is 9.36. The molecule has 0 amide bonds. The van der Waals surface area contributed by atoms with Crippen LogP contribution in [0.25, 0.3) is 0 Å². The SMILES string of the molecule is CC(C)c1ncc(Oc2cncc(Br)c2)c(CO)n1. The Balaban J connectivity index is 2.29. The van der Waals surface area contributed by atoms with Gasteiger partial charge in [-0.05, 0) is 22.0 Å². The number of halogens is 1. The van der Waals surface area contributed by atoms with E-state index < -0.39 is 0 Å². The second-order valence-corrected chi connectivity index (χ2v) is 5.21. The minimum Gasteiger partial charge on any atom is -0.452 e.